The third-order valence-electron chi connectivity index (χ3n) is 4.45. The lowest BCUT2D eigenvalue weighted by Gasteiger charge is -2.41. The minimum absolute atomic E-state index is 0.0170. The molecule has 25 heavy (non-hydrogen) atoms. The maximum Gasteiger partial charge on any atom is 0.237 e. The molecule has 0 aliphatic carbocycles. The third-order valence-corrected chi connectivity index (χ3v) is 4.45. The Labute approximate surface area is 150 Å². The zero-order valence-electron chi connectivity index (χ0n) is 15.8. The summed E-state index contributed by atoms with van der Waals surface area (Å²) in [6.07, 6.45) is 0.248. The van der Waals surface area contributed by atoms with E-state index in [2.05, 4.69) is 24.1 Å². The second-order valence-electron chi connectivity index (χ2n) is 7.12. The standard InChI is InChI=1S/C19H30N2O4/c1-12(2)18(21-10-13(3)25-14(4)11-21)19(23)20-9-15-6-7-16(22)17(8-15)24-5/h6-8,12-14,18,22H,9-11H2,1-5H3,(H,20,23). The van der Waals surface area contributed by atoms with Gasteiger partial charge in [-0.1, -0.05) is 19.9 Å². The van der Waals surface area contributed by atoms with Crippen LogP contribution in [0.25, 0.3) is 0 Å². The van der Waals surface area contributed by atoms with Gasteiger partial charge in [-0.15, -0.1) is 0 Å². The Morgan fingerprint density at radius 1 is 1.36 bits per heavy atom. The number of nitrogens with one attached hydrogen (secondary N) is 1. The van der Waals surface area contributed by atoms with E-state index in [-0.39, 0.29) is 35.8 Å². The number of hydrogen-bond donors (Lipinski definition) is 2. The van der Waals surface area contributed by atoms with Crippen molar-refractivity contribution in [3.8, 4) is 11.5 Å². The highest BCUT2D eigenvalue weighted by atomic mass is 16.5. The molecule has 2 rings (SSSR count). The number of phenolic OH excluding ortho intramolecular Hbond substituents is 1. The molecule has 0 aromatic heterocycles. The van der Waals surface area contributed by atoms with Crippen molar-refractivity contribution in [1.82, 2.24) is 10.2 Å². The molecule has 0 radical (unpaired) electrons. The Morgan fingerprint density at radius 3 is 2.56 bits per heavy atom. The second kappa shape index (κ2) is 8.54. The number of phenols is 1. The van der Waals surface area contributed by atoms with Crippen molar-refractivity contribution in [1.29, 1.82) is 0 Å². The maximum atomic E-state index is 12.8. The summed E-state index contributed by atoms with van der Waals surface area (Å²) in [6, 6.07) is 4.90. The van der Waals surface area contributed by atoms with E-state index in [0.29, 0.717) is 12.3 Å². The van der Waals surface area contributed by atoms with E-state index in [4.69, 9.17) is 9.47 Å². The van der Waals surface area contributed by atoms with Crippen molar-refractivity contribution >= 4 is 5.91 Å². The van der Waals surface area contributed by atoms with Gasteiger partial charge in [-0.2, -0.15) is 0 Å². The Bertz CT molecular complexity index is 581. The first kappa shape index (κ1) is 19.5. The van der Waals surface area contributed by atoms with Crippen LogP contribution in [0.15, 0.2) is 18.2 Å². The fourth-order valence-electron chi connectivity index (χ4n) is 3.46. The number of rotatable bonds is 6. The zero-order valence-corrected chi connectivity index (χ0v) is 15.8. The van der Waals surface area contributed by atoms with Crippen molar-refractivity contribution in [2.75, 3.05) is 20.2 Å². The molecule has 1 amide bonds. The second-order valence-corrected chi connectivity index (χ2v) is 7.12. The molecular weight excluding hydrogens is 320 g/mol. The Balaban J connectivity index is 2.03. The van der Waals surface area contributed by atoms with Crippen LogP contribution in [0.1, 0.15) is 33.3 Å². The number of morpholine rings is 1. The van der Waals surface area contributed by atoms with Crippen LogP contribution in [-0.4, -0.2) is 54.4 Å². The number of nitrogens with zero attached hydrogens (tertiary/aromatic N) is 1. The molecule has 1 aliphatic rings. The topological polar surface area (TPSA) is 71.0 Å². The molecule has 1 aliphatic heterocycles. The van der Waals surface area contributed by atoms with Crippen LogP contribution >= 0.6 is 0 Å². The number of amides is 1. The smallest absolute Gasteiger partial charge is 0.237 e. The molecule has 0 saturated carbocycles. The summed E-state index contributed by atoms with van der Waals surface area (Å²) in [7, 11) is 1.51. The van der Waals surface area contributed by atoms with Gasteiger partial charge >= 0.3 is 0 Å². The number of carbonyl (C=O) groups is 1. The summed E-state index contributed by atoms with van der Waals surface area (Å²) in [6.45, 7) is 10.1. The Hall–Kier alpha value is -1.79. The van der Waals surface area contributed by atoms with Gasteiger partial charge in [0, 0.05) is 19.6 Å². The maximum absolute atomic E-state index is 12.8. The molecule has 1 aromatic carbocycles. The fraction of sp³-hybridized carbons (Fsp3) is 0.632. The van der Waals surface area contributed by atoms with Crippen LogP contribution in [0.4, 0.5) is 0 Å². The van der Waals surface area contributed by atoms with Crippen LogP contribution in [0.5, 0.6) is 11.5 Å². The first-order valence-corrected chi connectivity index (χ1v) is 8.85. The molecule has 1 saturated heterocycles. The van der Waals surface area contributed by atoms with Crippen molar-refractivity contribution in [3.63, 3.8) is 0 Å². The summed E-state index contributed by atoms with van der Waals surface area (Å²) in [5, 5.41) is 12.7. The highest BCUT2D eigenvalue weighted by Gasteiger charge is 2.33. The lowest BCUT2D eigenvalue weighted by atomic mass is 9.99. The molecule has 0 spiro atoms. The summed E-state index contributed by atoms with van der Waals surface area (Å²) in [5.41, 5.74) is 0.884. The molecule has 140 valence electrons. The minimum Gasteiger partial charge on any atom is -0.504 e. The predicted octanol–water partition coefficient (Wildman–Crippen LogP) is 2.15. The number of hydrogen-bond acceptors (Lipinski definition) is 5. The minimum atomic E-state index is -0.187. The first-order chi connectivity index (χ1) is 11.8. The summed E-state index contributed by atoms with van der Waals surface area (Å²) >= 11 is 0. The Morgan fingerprint density at radius 2 is 2.00 bits per heavy atom. The molecule has 1 heterocycles. The summed E-state index contributed by atoms with van der Waals surface area (Å²) in [5.74, 6) is 0.715. The van der Waals surface area contributed by atoms with Gasteiger partial charge < -0.3 is 19.9 Å². The van der Waals surface area contributed by atoms with Crippen LogP contribution in [-0.2, 0) is 16.1 Å². The predicted molar refractivity (Wildman–Crippen MR) is 96.7 cm³/mol. The lowest BCUT2D eigenvalue weighted by molar-refractivity contribution is -0.135. The quantitative estimate of drug-likeness (QED) is 0.823. The van der Waals surface area contributed by atoms with Gasteiger partial charge in [-0.25, -0.2) is 0 Å². The van der Waals surface area contributed by atoms with E-state index in [1.807, 2.05) is 13.8 Å². The zero-order chi connectivity index (χ0) is 18.6. The number of methoxy groups -OCH3 is 1. The molecular formula is C19H30N2O4. The van der Waals surface area contributed by atoms with Crippen LogP contribution in [0.3, 0.4) is 0 Å². The van der Waals surface area contributed by atoms with Gasteiger partial charge in [0.05, 0.1) is 25.4 Å². The molecule has 3 unspecified atom stereocenters. The van der Waals surface area contributed by atoms with Crippen molar-refractivity contribution in [2.24, 2.45) is 5.92 Å². The lowest BCUT2D eigenvalue weighted by Crippen LogP contribution is -2.56. The van der Waals surface area contributed by atoms with Gasteiger partial charge in [0.25, 0.3) is 0 Å². The summed E-state index contributed by atoms with van der Waals surface area (Å²) in [4.78, 5) is 15.0. The van der Waals surface area contributed by atoms with E-state index in [9.17, 15) is 9.90 Å². The molecule has 1 fully saturated rings. The number of ether oxygens (including phenoxy) is 2. The highest BCUT2D eigenvalue weighted by Crippen LogP contribution is 2.26. The number of carbonyl (C=O) groups excluding carboxylic acids is 1. The normalized spacial score (nSPS) is 22.6. The molecule has 1 aromatic rings. The molecule has 3 atom stereocenters. The van der Waals surface area contributed by atoms with E-state index in [1.165, 1.54) is 7.11 Å². The van der Waals surface area contributed by atoms with Gasteiger partial charge in [-0.05, 0) is 37.5 Å². The van der Waals surface area contributed by atoms with Crippen molar-refractivity contribution in [2.45, 2.75) is 52.5 Å². The van der Waals surface area contributed by atoms with Crippen LogP contribution in [0.2, 0.25) is 0 Å². The van der Waals surface area contributed by atoms with Gasteiger partial charge in [0.15, 0.2) is 11.5 Å². The van der Waals surface area contributed by atoms with E-state index >= 15 is 0 Å². The molecule has 6 nitrogen and oxygen atoms in total. The first-order valence-electron chi connectivity index (χ1n) is 8.85. The van der Waals surface area contributed by atoms with E-state index in [0.717, 1.165) is 18.7 Å². The average molecular weight is 350 g/mol. The van der Waals surface area contributed by atoms with Crippen molar-refractivity contribution < 1.29 is 19.4 Å². The molecule has 0 bridgehead atoms. The van der Waals surface area contributed by atoms with E-state index in [1.54, 1.807) is 18.2 Å². The van der Waals surface area contributed by atoms with Gasteiger partial charge in [-0.3, -0.25) is 9.69 Å². The largest absolute Gasteiger partial charge is 0.504 e. The third kappa shape index (κ3) is 5.09. The molecule has 6 heteroatoms. The average Bonchev–Trinajstić information content (AvgIpc) is 2.53. The fourth-order valence-corrected chi connectivity index (χ4v) is 3.46. The molecule has 2 N–H and O–H groups in total. The van der Waals surface area contributed by atoms with Crippen molar-refractivity contribution in [3.05, 3.63) is 23.8 Å². The monoisotopic (exact) mass is 350 g/mol. The van der Waals surface area contributed by atoms with Gasteiger partial charge in [0.2, 0.25) is 5.91 Å². The number of aromatic hydroxyl groups is 1. The van der Waals surface area contributed by atoms with Crippen LogP contribution < -0.4 is 10.1 Å². The number of benzene rings is 1. The summed E-state index contributed by atoms with van der Waals surface area (Å²) < 4.78 is 10.9. The van der Waals surface area contributed by atoms with E-state index < -0.39 is 0 Å². The van der Waals surface area contributed by atoms with Gasteiger partial charge in [0.1, 0.15) is 0 Å². The SMILES string of the molecule is COc1cc(CNC(=O)C(C(C)C)N2CC(C)OC(C)C2)ccc1O. The van der Waals surface area contributed by atoms with Crippen LogP contribution in [0, 0.1) is 5.92 Å². The Kier molecular flexibility index (Phi) is 6.67. The highest BCUT2D eigenvalue weighted by molar-refractivity contribution is 5.82.